The lowest BCUT2D eigenvalue weighted by Gasteiger charge is -2.09. The lowest BCUT2D eigenvalue weighted by Crippen LogP contribution is -2.18. The molecular weight excluding hydrogens is 218 g/mol. The smallest absolute Gasteiger partial charge is 0.272 e. The summed E-state index contributed by atoms with van der Waals surface area (Å²) < 4.78 is 1.37. The molecule has 0 amide bonds. The van der Waals surface area contributed by atoms with Crippen LogP contribution in [0.25, 0.3) is 5.65 Å². The van der Waals surface area contributed by atoms with Crippen molar-refractivity contribution >= 4 is 11.5 Å². The monoisotopic (exact) mass is 233 g/mol. The van der Waals surface area contributed by atoms with Gasteiger partial charge in [0.1, 0.15) is 5.82 Å². The third-order valence-electron chi connectivity index (χ3n) is 3.30. The number of rotatable bonds is 1. The van der Waals surface area contributed by atoms with Crippen LogP contribution in [0.2, 0.25) is 0 Å². The number of likely N-dealkylation sites (N-methyl/N-ethyl adjacent to an activating group) is 1. The van der Waals surface area contributed by atoms with Crippen LogP contribution in [0.15, 0.2) is 16.9 Å². The standard InChI is InChI=1S/C11H15N5O/c1-15-3-2-7(6-15)8-4-11(17)16-10(13-8)5-9(12)14-16/h4-5,7,14H,2-3,6,12H2,1H3. The van der Waals surface area contributed by atoms with E-state index in [2.05, 4.69) is 22.0 Å². The van der Waals surface area contributed by atoms with Gasteiger partial charge in [0.15, 0.2) is 5.65 Å². The van der Waals surface area contributed by atoms with Crippen LogP contribution in [0.3, 0.4) is 0 Å². The molecule has 2 aromatic rings. The molecular formula is C11H15N5O. The zero-order valence-electron chi connectivity index (χ0n) is 9.68. The Balaban J connectivity index is 2.09. The van der Waals surface area contributed by atoms with Crippen LogP contribution >= 0.6 is 0 Å². The van der Waals surface area contributed by atoms with Crippen molar-refractivity contribution in [1.82, 2.24) is 19.5 Å². The molecule has 0 aromatic carbocycles. The maximum atomic E-state index is 11.9. The van der Waals surface area contributed by atoms with Crippen molar-refractivity contribution in [3.8, 4) is 0 Å². The van der Waals surface area contributed by atoms with Crippen LogP contribution in [0, 0.1) is 0 Å². The van der Waals surface area contributed by atoms with Crippen LogP contribution in [0.5, 0.6) is 0 Å². The Morgan fingerprint density at radius 2 is 2.35 bits per heavy atom. The fourth-order valence-electron chi connectivity index (χ4n) is 2.41. The van der Waals surface area contributed by atoms with Gasteiger partial charge in [-0.1, -0.05) is 0 Å². The zero-order chi connectivity index (χ0) is 12.0. The number of likely N-dealkylation sites (tertiary alicyclic amines) is 1. The molecule has 1 unspecified atom stereocenters. The summed E-state index contributed by atoms with van der Waals surface area (Å²) in [7, 11) is 2.08. The van der Waals surface area contributed by atoms with Gasteiger partial charge in [0.2, 0.25) is 0 Å². The number of nitrogens with two attached hydrogens (primary N) is 1. The number of hydrogen-bond donors (Lipinski definition) is 2. The summed E-state index contributed by atoms with van der Waals surface area (Å²) in [6.45, 7) is 2.02. The van der Waals surface area contributed by atoms with E-state index < -0.39 is 0 Å². The van der Waals surface area contributed by atoms with E-state index in [0.29, 0.717) is 17.4 Å². The van der Waals surface area contributed by atoms with Crippen molar-refractivity contribution < 1.29 is 0 Å². The summed E-state index contributed by atoms with van der Waals surface area (Å²) in [5.41, 5.74) is 6.99. The summed E-state index contributed by atoms with van der Waals surface area (Å²) in [5.74, 6) is 0.809. The van der Waals surface area contributed by atoms with Crippen molar-refractivity contribution in [3.05, 3.63) is 28.2 Å². The number of hydrogen-bond acceptors (Lipinski definition) is 4. The molecule has 1 fully saturated rings. The molecule has 0 saturated carbocycles. The van der Waals surface area contributed by atoms with E-state index in [0.717, 1.165) is 25.2 Å². The largest absolute Gasteiger partial charge is 0.384 e. The Hall–Kier alpha value is -1.82. The van der Waals surface area contributed by atoms with Crippen molar-refractivity contribution in [2.24, 2.45) is 0 Å². The lowest BCUT2D eigenvalue weighted by molar-refractivity contribution is 0.410. The number of nitrogens with one attached hydrogen (secondary N) is 1. The maximum Gasteiger partial charge on any atom is 0.272 e. The molecule has 0 radical (unpaired) electrons. The van der Waals surface area contributed by atoms with E-state index in [4.69, 9.17) is 5.73 Å². The second-order valence-corrected chi connectivity index (χ2v) is 4.67. The van der Waals surface area contributed by atoms with Gasteiger partial charge >= 0.3 is 0 Å². The predicted octanol–water partition coefficient (Wildman–Crippen LogP) is 0.0239. The number of H-pyrrole nitrogens is 1. The molecule has 0 spiro atoms. The van der Waals surface area contributed by atoms with E-state index in [1.165, 1.54) is 4.52 Å². The topological polar surface area (TPSA) is 79.4 Å². The van der Waals surface area contributed by atoms with Crippen molar-refractivity contribution in [3.63, 3.8) is 0 Å². The van der Waals surface area contributed by atoms with E-state index in [9.17, 15) is 4.79 Å². The van der Waals surface area contributed by atoms with Crippen LogP contribution in [-0.4, -0.2) is 39.6 Å². The molecule has 3 rings (SSSR count). The highest BCUT2D eigenvalue weighted by molar-refractivity contribution is 5.48. The van der Waals surface area contributed by atoms with Crippen LogP contribution in [0.1, 0.15) is 18.0 Å². The molecule has 17 heavy (non-hydrogen) atoms. The van der Waals surface area contributed by atoms with E-state index in [1.807, 2.05) is 0 Å². The molecule has 6 heteroatoms. The number of anilines is 1. The highest BCUT2D eigenvalue weighted by Crippen LogP contribution is 2.24. The van der Waals surface area contributed by atoms with Crippen molar-refractivity contribution in [1.29, 1.82) is 0 Å². The second kappa shape index (κ2) is 3.59. The minimum absolute atomic E-state index is 0.101. The van der Waals surface area contributed by atoms with E-state index in [1.54, 1.807) is 12.1 Å². The summed E-state index contributed by atoms with van der Waals surface area (Å²) in [5, 5.41) is 2.76. The van der Waals surface area contributed by atoms with Gasteiger partial charge in [-0.25, -0.2) is 4.98 Å². The number of fused-ring (bicyclic) bond motifs is 1. The minimum atomic E-state index is -0.101. The Kier molecular flexibility index (Phi) is 2.19. The quantitative estimate of drug-likeness (QED) is 0.728. The van der Waals surface area contributed by atoms with Gasteiger partial charge in [-0.3, -0.25) is 9.89 Å². The van der Waals surface area contributed by atoms with Gasteiger partial charge in [0.25, 0.3) is 5.56 Å². The first-order valence-electron chi connectivity index (χ1n) is 5.70. The molecule has 1 aliphatic heterocycles. The van der Waals surface area contributed by atoms with Gasteiger partial charge in [-0.2, -0.15) is 4.52 Å². The predicted molar refractivity (Wildman–Crippen MR) is 65.1 cm³/mol. The molecule has 0 bridgehead atoms. The average molecular weight is 233 g/mol. The normalized spacial score (nSPS) is 21.4. The van der Waals surface area contributed by atoms with Crippen LogP contribution < -0.4 is 11.3 Å². The number of nitrogens with zero attached hydrogens (tertiary/aromatic N) is 3. The highest BCUT2D eigenvalue weighted by Gasteiger charge is 2.23. The number of aromatic nitrogens is 3. The third kappa shape index (κ3) is 1.70. The summed E-state index contributed by atoms with van der Waals surface area (Å²) in [4.78, 5) is 18.6. The molecule has 90 valence electrons. The van der Waals surface area contributed by atoms with Crippen molar-refractivity contribution in [2.75, 3.05) is 25.9 Å². The molecule has 1 saturated heterocycles. The third-order valence-corrected chi connectivity index (χ3v) is 3.30. The molecule has 3 N–H and O–H groups in total. The maximum absolute atomic E-state index is 11.9. The molecule has 3 heterocycles. The number of nitrogen functional groups attached to an aromatic ring is 1. The first-order valence-corrected chi connectivity index (χ1v) is 5.70. The van der Waals surface area contributed by atoms with Gasteiger partial charge in [-0.05, 0) is 20.0 Å². The molecule has 6 nitrogen and oxygen atoms in total. The molecule has 1 atom stereocenters. The SMILES string of the molecule is CN1CCC(c2cc(=O)n3[nH]c(N)cc3n2)C1. The van der Waals surface area contributed by atoms with Gasteiger partial charge in [-0.15, -0.1) is 0 Å². The average Bonchev–Trinajstić information content (AvgIpc) is 2.83. The van der Waals surface area contributed by atoms with E-state index >= 15 is 0 Å². The molecule has 1 aliphatic rings. The first kappa shape index (κ1) is 10.3. The number of aromatic amines is 1. The first-order chi connectivity index (χ1) is 8.13. The molecule has 0 aliphatic carbocycles. The van der Waals surface area contributed by atoms with Crippen molar-refractivity contribution in [2.45, 2.75) is 12.3 Å². The second-order valence-electron chi connectivity index (χ2n) is 4.67. The van der Waals surface area contributed by atoms with Gasteiger partial charge in [0.05, 0.1) is 5.69 Å². The highest BCUT2D eigenvalue weighted by atomic mass is 16.1. The Labute approximate surface area is 98.0 Å². The fourth-order valence-corrected chi connectivity index (χ4v) is 2.41. The minimum Gasteiger partial charge on any atom is -0.384 e. The van der Waals surface area contributed by atoms with E-state index in [-0.39, 0.29) is 5.56 Å². The fraction of sp³-hybridized carbons (Fsp3) is 0.455. The van der Waals surface area contributed by atoms with Crippen LogP contribution in [0.4, 0.5) is 5.82 Å². The van der Waals surface area contributed by atoms with Gasteiger partial charge in [0, 0.05) is 24.6 Å². The lowest BCUT2D eigenvalue weighted by atomic mass is 10.1. The Morgan fingerprint density at radius 1 is 1.53 bits per heavy atom. The summed E-state index contributed by atoms with van der Waals surface area (Å²) in [6, 6.07) is 3.29. The van der Waals surface area contributed by atoms with Crippen LogP contribution in [-0.2, 0) is 0 Å². The Bertz CT molecular complexity index is 614. The zero-order valence-corrected chi connectivity index (χ0v) is 9.68. The summed E-state index contributed by atoms with van der Waals surface area (Å²) in [6.07, 6.45) is 1.05. The van der Waals surface area contributed by atoms with Gasteiger partial charge < -0.3 is 10.6 Å². The summed E-state index contributed by atoms with van der Waals surface area (Å²) >= 11 is 0. The molecule has 2 aromatic heterocycles. The Morgan fingerprint density at radius 3 is 3.06 bits per heavy atom.